The highest BCUT2D eigenvalue weighted by Gasteiger charge is 2.26. The molecule has 1 fully saturated rings. The summed E-state index contributed by atoms with van der Waals surface area (Å²) < 4.78 is 45.3. The van der Waals surface area contributed by atoms with Crippen molar-refractivity contribution in [3.05, 3.63) is 59.9 Å². The first-order chi connectivity index (χ1) is 14.8. The Morgan fingerprint density at radius 3 is 2.55 bits per heavy atom. The zero-order chi connectivity index (χ0) is 22.3. The number of nitrogens with one attached hydrogen (secondary N) is 1. The van der Waals surface area contributed by atoms with E-state index in [1.165, 1.54) is 28.1 Å². The molecule has 9 heteroatoms. The highest BCUT2D eigenvalue weighted by Crippen LogP contribution is 2.19. The number of ether oxygens (including phenoxy) is 1. The molecular formula is C22H28FN3O4S. The number of piperazine rings is 1. The van der Waals surface area contributed by atoms with Gasteiger partial charge in [-0.05, 0) is 43.2 Å². The zero-order valence-corrected chi connectivity index (χ0v) is 18.4. The minimum absolute atomic E-state index is 0.00466. The van der Waals surface area contributed by atoms with E-state index in [2.05, 4.69) is 16.3 Å². The van der Waals surface area contributed by atoms with E-state index in [1.54, 1.807) is 6.07 Å². The fraction of sp³-hybridized carbons (Fsp3) is 0.409. The molecule has 1 aliphatic rings. The van der Waals surface area contributed by atoms with Gasteiger partial charge in [0, 0.05) is 38.4 Å². The molecule has 1 saturated heterocycles. The van der Waals surface area contributed by atoms with E-state index in [0.717, 1.165) is 5.69 Å². The van der Waals surface area contributed by atoms with Gasteiger partial charge in [0.2, 0.25) is 10.0 Å². The molecule has 0 bridgehead atoms. The first-order valence-corrected chi connectivity index (χ1v) is 11.9. The quantitative estimate of drug-likeness (QED) is 0.594. The number of benzene rings is 2. The summed E-state index contributed by atoms with van der Waals surface area (Å²) in [5, 5.41) is 2.60. The second-order valence-corrected chi connectivity index (χ2v) is 9.55. The van der Waals surface area contributed by atoms with Crippen molar-refractivity contribution in [3.8, 4) is 5.75 Å². The minimum atomic E-state index is -3.38. The number of hydrogen-bond donors (Lipinski definition) is 1. The number of carbonyl (C=O) groups excluding carboxylic acids is 1. The summed E-state index contributed by atoms with van der Waals surface area (Å²) in [5.74, 6) is -0.993. The van der Waals surface area contributed by atoms with E-state index in [9.17, 15) is 17.6 Å². The summed E-state index contributed by atoms with van der Waals surface area (Å²) in [6, 6.07) is 14.0. The van der Waals surface area contributed by atoms with E-state index in [-0.39, 0.29) is 24.7 Å². The number of anilines is 1. The molecule has 1 heterocycles. The lowest BCUT2D eigenvalue weighted by Gasteiger charge is -2.35. The first kappa shape index (κ1) is 23.0. The predicted molar refractivity (Wildman–Crippen MR) is 118 cm³/mol. The maximum atomic E-state index is 13.5. The lowest BCUT2D eigenvalue weighted by Crippen LogP contribution is -2.49. The van der Waals surface area contributed by atoms with E-state index in [1.807, 2.05) is 25.1 Å². The molecule has 0 radical (unpaired) electrons. The molecule has 0 aliphatic carbocycles. The number of halogens is 1. The molecule has 1 N–H and O–H groups in total. The molecule has 0 saturated carbocycles. The van der Waals surface area contributed by atoms with Crippen molar-refractivity contribution in [3.63, 3.8) is 0 Å². The van der Waals surface area contributed by atoms with Crippen LogP contribution in [0.3, 0.4) is 0 Å². The number of rotatable bonds is 9. The van der Waals surface area contributed by atoms with Gasteiger partial charge in [0.15, 0.2) is 18.2 Å². The second kappa shape index (κ2) is 10.6. The van der Waals surface area contributed by atoms with Gasteiger partial charge in [-0.3, -0.25) is 4.79 Å². The fourth-order valence-corrected chi connectivity index (χ4v) is 4.90. The number of para-hydroxylation sites is 1. The number of amides is 1. The Bertz CT molecular complexity index is 992. The smallest absolute Gasteiger partial charge is 0.257 e. The van der Waals surface area contributed by atoms with Gasteiger partial charge in [0.05, 0.1) is 5.75 Å². The predicted octanol–water partition coefficient (Wildman–Crippen LogP) is 2.17. The Hall–Kier alpha value is -2.65. The molecule has 0 aromatic heterocycles. The molecule has 0 spiro atoms. The average Bonchev–Trinajstić information content (AvgIpc) is 2.76. The molecular weight excluding hydrogens is 421 g/mol. The zero-order valence-electron chi connectivity index (χ0n) is 17.6. The largest absolute Gasteiger partial charge is 0.481 e. The van der Waals surface area contributed by atoms with Crippen LogP contribution in [0.2, 0.25) is 0 Å². The number of hydrogen-bond acceptors (Lipinski definition) is 5. The van der Waals surface area contributed by atoms with Crippen LogP contribution in [0, 0.1) is 12.7 Å². The van der Waals surface area contributed by atoms with Crippen LogP contribution in [-0.2, 0) is 14.8 Å². The number of carbonyl (C=O) groups is 1. The molecule has 0 unspecified atom stereocenters. The van der Waals surface area contributed by atoms with Crippen molar-refractivity contribution >= 4 is 21.6 Å². The normalized spacial score (nSPS) is 15.0. The molecule has 31 heavy (non-hydrogen) atoms. The van der Waals surface area contributed by atoms with Gasteiger partial charge in [-0.25, -0.2) is 12.8 Å². The van der Waals surface area contributed by atoms with Gasteiger partial charge in [0.1, 0.15) is 0 Å². The summed E-state index contributed by atoms with van der Waals surface area (Å²) in [5.41, 5.74) is 2.28. The topological polar surface area (TPSA) is 79.0 Å². The molecule has 1 amide bonds. The Labute approximate surface area is 182 Å². The van der Waals surface area contributed by atoms with Crippen molar-refractivity contribution in [1.82, 2.24) is 9.62 Å². The maximum absolute atomic E-state index is 13.5. The molecule has 3 rings (SSSR count). The van der Waals surface area contributed by atoms with Gasteiger partial charge >= 0.3 is 0 Å². The number of aryl methyl sites for hydroxylation is 1. The lowest BCUT2D eigenvalue weighted by atomic mass is 10.2. The lowest BCUT2D eigenvalue weighted by molar-refractivity contribution is -0.123. The van der Waals surface area contributed by atoms with Crippen LogP contribution in [0.15, 0.2) is 48.5 Å². The van der Waals surface area contributed by atoms with Crippen molar-refractivity contribution in [2.45, 2.75) is 13.3 Å². The average molecular weight is 450 g/mol. The molecule has 2 aromatic rings. The minimum Gasteiger partial charge on any atom is -0.481 e. The Kier molecular flexibility index (Phi) is 7.86. The number of sulfonamides is 1. The standard InChI is InChI=1S/C22H28FN3O4S/c1-18-6-4-7-19(16-18)25-11-13-26(14-12-25)31(28,29)15-5-10-24-22(27)17-30-21-9-3-2-8-20(21)23/h2-4,6-9,16H,5,10-15,17H2,1H3,(H,24,27). The summed E-state index contributed by atoms with van der Waals surface area (Å²) in [4.78, 5) is 14.0. The van der Waals surface area contributed by atoms with Crippen LogP contribution in [0.5, 0.6) is 5.75 Å². The van der Waals surface area contributed by atoms with Crippen LogP contribution in [-0.4, -0.2) is 63.7 Å². The van der Waals surface area contributed by atoms with Crippen LogP contribution >= 0.6 is 0 Å². The highest BCUT2D eigenvalue weighted by molar-refractivity contribution is 7.89. The van der Waals surface area contributed by atoms with E-state index >= 15 is 0 Å². The van der Waals surface area contributed by atoms with Crippen LogP contribution < -0.4 is 15.0 Å². The highest BCUT2D eigenvalue weighted by atomic mass is 32.2. The third kappa shape index (κ3) is 6.67. The maximum Gasteiger partial charge on any atom is 0.257 e. The van der Waals surface area contributed by atoms with Crippen LogP contribution in [0.25, 0.3) is 0 Å². The van der Waals surface area contributed by atoms with Crippen molar-refractivity contribution in [2.75, 3.05) is 50.0 Å². The van der Waals surface area contributed by atoms with E-state index in [0.29, 0.717) is 32.6 Å². The summed E-state index contributed by atoms with van der Waals surface area (Å²) >= 11 is 0. The summed E-state index contributed by atoms with van der Waals surface area (Å²) in [7, 11) is -3.38. The Morgan fingerprint density at radius 2 is 1.84 bits per heavy atom. The van der Waals surface area contributed by atoms with Crippen molar-refractivity contribution in [2.24, 2.45) is 0 Å². The fourth-order valence-electron chi connectivity index (χ4n) is 3.42. The van der Waals surface area contributed by atoms with Gasteiger partial charge in [-0.1, -0.05) is 24.3 Å². The van der Waals surface area contributed by atoms with Gasteiger partial charge in [-0.15, -0.1) is 0 Å². The SMILES string of the molecule is Cc1cccc(N2CCN(S(=O)(=O)CCCNC(=O)COc3ccccc3F)CC2)c1. The van der Waals surface area contributed by atoms with Crippen molar-refractivity contribution in [1.29, 1.82) is 0 Å². The van der Waals surface area contributed by atoms with Gasteiger partial charge in [0.25, 0.3) is 5.91 Å². The molecule has 168 valence electrons. The van der Waals surface area contributed by atoms with Crippen LogP contribution in [0.4, 0.5) is 10.1 Å². The third-order valence-corrected chi connectivity index (χ3v) is 7.05. The monoisotopic (exact) mass is 449 g/mol. The third-order valence-electron chi connectivity index (χ3n) is 5.10. The molecule has 7 nitrogen and oxygen atoms in total. The Balaban J connectivity index is 1.36. The van der Waals surface area contributed by atoms with Crippen molar-refractivity contribution < 1.29 is 22.3 Å². The van der Waals surface area contributed by atoms with Gasteiger partial charge in [-0.2, -0.15) is 4.31 Å². The number of nitrogens with zero attached hydrogens (tertiary/aromatic N) is 2. The first-order valence-electron chi connectivity index (χ1n) is 10.3. The van der Waals surface area contributed by atoms with E-state index in [4.69, 9.17) is 4.74 Å². The van der Waals surface area contributed by atoms with Crippen LogP contribution in [0.1, 0.15) is 12.0 Å². The summed E-state index contributed by atoms with van der Waals surface area (Å²) in [6.07, 6.45) is 0.297. The molecule has 1 aliphatic heterocycles. The second-order valence-electron chi connectivity index (χ2n) is 7.46. The van der Waals surface area contributed by atoms with Gasteiger partial charge < -0.3 is 15.0 Å². The molecule has 0 atom stereocenters. The molecule has 2 aromatic carbocycles. The summed E-state index contributed by atoms with van der Waals surface area (Å²) in [6.45, 7) is 4.10. The Morgan fingerprint density at radius 1 is 1.10 bits per heavy atom. The van der Waals surface area contributed by atoms with E-state index < -0.39 is 21.7 Å².